The standard InChI is InChI=1S/C21H30N4O4S/c1-13-5-6-15-16(11-22-19(15)23-13)14-7-9-24(10-8-14)30(28,29)17-12-25(20(26)27)18(17)21(2,3)4/h5-6,11,14,17-18H,7-10,12H2,1-4H3,(H,22,23)(H,26,27). The zero-order chi connectivity index (χ0) is 21.8. The van der Waals surface area contributed by atoms with E-state index in [0.29, 0.717) is 13.1 Å². The minimum Gasteiger partial charge on any atom is -0.465 e. The molecule has 0 spiro atoms. The fourth-order valence-electron chi connectivity index (χ4n) is 5.02. The van der Waals surface area contributed by atoms with Crippen LogP contribution in [0.3, 0.4) is 0 Å². The molecule has 0 aromatic carbocycles. The number of rotatable bonds is 3. The minimum atomic E-state index is -3.56. The van der Waals surface area contributed by atoms with E-state index in [2.05, 4.69) is 16.0 Å². The number of piperidine rings is 1. The van der Waals surface area contributed by atoms with Crippen molar-refractivity contribution in [3.05, 3.63) is 29.6 Å². The van der Waals surface area contributed by atoms with E-state index < -0.39 is 32.8 Å². The van der Waals surface area contributed by atoms with Gasteiger partial charge in [0.2, 0.25) is 10.0 Å². The molecule has 2 atom stereocenters. The third kappa shape index (κ3) is 3.47. The van der Waals surface area contributed by atoms with Gasteiger partial charge in [0.1, 0.15) is 10.9 Å². The van der Waals surface area contributed by atoms with Crippen molar-refractivity contribution < 1.29 is 18.3 Å². The highest BCUT2D eigenvalue weighted by atomic mass is 32.2. The summed E-state index contributed by atoms with van der Waals surface area (Å²) in [7, 11) is -3.56. The SMILES string of the molecule is Cc1ccc2c(C3CCN(S(=O)(=O)C4CN(C(=O)O)C4C(C)(C)C)CC3)c[nH]c2n1. The van der Waals surface area contributed by atoms with Gasteiger partial charge in [0, 0.05) is 36.9 Å². The van der Waals surface area contributed by atoms with Gasteiger partial charge in [0.25, 0.3) is 0 Å². The fraction of sp³-hybridized carbons (Fsp3) is 0.619. The van der Waals surface area contributed by atoms with Crippen molar-refractivity contribution in [1.82, 2.24) is 19.2 Å². The van der Waals surface area contributed by atoms with Crippen LogP contribution in [0.25, 0.3) is 11.0 Å². The highest BCUT2D eigenvalue weighted by Gasteiger charge is 2.55. The number of aromatic amines is 1. The number of sulfonamides is 1. The monoisotopic (exact) mass is 434 g/mol. The van der Waals surface area contributed by atoms with Crippen molar-refractivity contribution in [3.63, 3.8) is 0 Å². The number of likely N-dealkylation sites (tertiary alicyclic amines) is 1. The maximum absolute atomic E-state index is 13.3. The summed E-state index contributed by atoms with van der Waals surface area (Å²) >= 11 is 0. The van der Waals surface area contributed by atoms with E-state index in [1.54, 1.807) is 4.31 Å². The molecule has 9 heteroatoms. The Morgan fingerprint density at radius 1 is 1.23 bits per heavy atom. The number of amides is 1. The third-order valence-corrected chi connectivity index (χ3v) is 8.80. The number of nitrogens with one attached hydrogen (secondary N) is 1. The second kappa shape index (κ2) is 7.23. The number of aryl methyl sites for hydroxylation is 1. The van der Waals surface area contributed by atoms with Crippen LogP contribution in [0.1, 0.15) is 50.8 Å². The van der Waals surface area contributed by atoms with Crippen molar-refractivity contribution >= 4 is 27.1 Å². The first-order valence-corrected chi connectivity index (χ1v) is 11.9. The third-order valence-electron chi connectivity index (χ3n) is 6.54. The summed E-state index contributed by atoms with van der Waals surface area (Å²) in [5, 5.41) is 9.84. The zero-order valence-electron chi connectivity index (χ0n) is 17.9. The zero-order valence-corrected chi connectivity index (χ0v) is 18.7. The summed E-state index contributed by atoms with van der Waals surface area (Å²) in [6.07, 6.45) is 2.44. The quantitative estimate of drug-likeness (QED) is 0.772. The topological polar surface area (TPSA) is 107 Å². The Kier molecular flexibility index (Phi) is 5.09. The Balaban J connectivity index is 1.48. The molecule has 0 saturated carbocycles. The molecule has 2 N–H and O–H groups in total. The predicted molar refractivity (Wildman–Crippen MR) is 115 cm³/mol. The first-order valence-electron chi connectivity index (χ1n) is 10.4. The number of H-pyrrole nitrogens is 1. The molecule has 4 rings (SSSR count). The molecular weight excluding hydrogens is 404 g/mol. The molecular formula is C21H30N4O4S. The average molecular weight is 435 g/mol. The summed E-state index contributed by atoms with van der Waals surface area (Å²) in [5.74, 6) is 0.282. The molecule has 0 radical (unpaired) electrons. The minimum absolute atomic E-state index is 0.0486. The van der Waals surface area contributed by atoms with E-state index in [1.165, 1.54) is 10.5 Å². The highest BCUT2D eigenvalue weighted by molar-refractivity contribution is 7.89. The molecule has 2 saturated heterocycles. The molecule has 2 fully saturated rings. The van der Waals surface area contributed by atoms with Gasteiger partial charge in [-0.1, -0.05) is 20.8 Å². The number of pyridine rings is 1. The second-order valence-corrected chi connectivity index (χ2v) is 11.7. The largest absolute Gasteiger partial charge is 0.465 e. The van der Waals surface area contributed by atoms with Crippen molar-refractivity contribution in [2.24, 2.45) is 5.41 Å². The number of fused-ring (bicyclic) bond motifs is 1. The Hall–Kier alpha value is -2.13. The van der Waals surface area contributed by atoms with E-state index in [1.807, 2.05) is 40.0 Å². The maximum atomic E-state index is 13.3. The van der Waals surface area contributed by atoms with Crippen LogP contribution in [0.5, 0.6) is 0 Å². The lowest BCUT2D eigenvalue weighted by atomic mass is 9.79. The Morgan fingerprint density at radius 2 is 1.90 bits per heavy atom. The Bertz CT molecular complexity index is 1060. The molecule has 2 aliphatic heterocycles. The van der Waals surface area contributed by atoms with Crippen LogP contribution < -0.4 is 0 Å². The number of carbonyl (C=O) groups is 1. The van der Waals surface area contributed by atoms with Gasteiger partial charge in [-0.2, -0.15) is 0 Å². The summed E-state index contributed by atoms with van der Waals surface area (Å²) in [5.41, 5.74) is 2.59. The molecule has 8 nitrogen and oxygen atoms in total. The lowest BCUT2D eigenvalue weighted by Gasteiger charge is -2.53. The van der Waals surface area contributed by atoms with E-state index in [4.69, 9.17) is 0 Å². The predicted octanol–water partition coefficient (Wildman–Crippen LogP) is 3.16. The molecule has 2 unspecified atom stereocenters. The number of hydrogen-bond donors (Lipinski definition) is 2. The lowest BCUT2D eigenvalue weighted by Crippen LogP contribution is -2.70. The van der Waals surface area contributed by atoms with Crippen LogP contribution in [0.4, 0.5) is 4.79 Å². The number of carboxylic acid groups (broad SMARTS) is 1. The summed E-state index contributed by atoms with van der Waals surface area (Å²) in [6.45, 7) is 8.61. The van der Waals surface area contributed by atoms with E-state index in [9.17, 15) is 18.3 Å². The first kappa shape index (κ1) is 21.1. The normalized spacial score (nSPS) is 24.2. The molecule has 164 valence electrons. The van der Waals surface area contributed by atoms with E-state index >= 15 is 0 Å². The van der Waals surface area contributed by atoms with Gasteiger partial charge in [0.05, 0.1) is 6.04 Å². The molecule has 2 aromatic heterocycles. The van der Waals surface area contributed by atoms with Crippen LogP contribution in [0, 0.1) is 12.3 Å². The van der Waals surface area contributed by atoms with E-state index in [-0.39, 0.29) is 12.5 Å². The summed E-state index contributed by atoms with van der Waals surface area (Å²) < 4.78 is 28.2. The average Bonchev–Trinajstić information content (AvgIpc) is 3.01. The van der Waals surface area contributed by atoms with Gasteiger partial charge in [0.15, 0.2) is 0 Å². The van der Waals surface area contributed by atoms with Crippen LogP contribution in [0.2, 0.25) is 0 Å². The first-order chi connectivity index (χ1) is 14.0. The maximum Gasteiger partial charge on any atom is 0.407 e. The van der Waals surface area contributed by atoms with Gasteiger partial charge < -0.3 is 15.0 Å². The summed E-state index contributed by atoms with van der Waals surface area (Å²) in [6, 6.07) is 3.55. The molecule has 2 aliphatic rings. The second-order valence-electron chi connectivity index (χ2n) is 9.60. The van der Waals surface area contributed by atoms with Crippen molar-refractivity contribution in [3.8, 4) is 0 Å². The number of hydrogen-bond acceptors (Lipinski definition) is 4. The van der Waals surface area contributed by atoms with E-state index in [0.717, 1.165) is 29.6 Å². The van der Waals surface area contributed by atoms with Crippen LogP contribution in [-0.2, 0) is 10.0 Å². The van der Waals surface area contributed by atoms with Crippen LogP contribution >= 0.6 is 0 Å². The van der Waals surface area contributed by atoms with Gasteiger partial charge in [-0.15, -0.1) is 0 Å². The lowest BCUT2D eigenvalue weighted by molar-refractivity contribution is 0.0218. The Labute approximate surface area is 177 Å². The molecule has 1 amide bonds. The van der Waals surface area contributed by atoms with Gasteiger partial charge in [-0.25, -0.2) is 22.5 Å². The van der Waals surface area contributed by atoms with Crippen LogP contribution in [-0.4, -0.2) is 69.7 Å². The van der Waals surface area contributed by atoms with Crippen molar-refractivity contribution in [2.45, 2.75) is 57.7 Å². The van der Waals surface area contributed by atoms with Crippen molar-refractivity contribution in [2.75, 3.05) is 19.6 Å². The fourth-order valence-corrected chi connectivity index (χ4v) is 7.36. The number of nitrogens with zero attached hydrogens (tertiary/aromatic N) is 3. The van der Waals surface area contributed by atoms with Crippen LogP contribution in [0.15, 0.2) is 18.3 Å². The highest BCUT2D eigenvalue weighted by Crippen LogP contribution is 2.40. The van der Waals surface area contributed by atoms with Gasteiger partial charge in [-0.05, 0) is 48.8 Å². The molecule has 0 aliphatic carbocycles. The van der Waals surface area contributed by atoms with Crippen molar-refractivity contribution in [1.29, 1.82) is 0 Å². The smallest absolute Gasteiger partial charge is 0.407 e. The molecule has 4 heterocycles. The number of aromatic nitrogens is 2. The Morgan fingerprint density at radius 3 is 2.50 bits per heavy atom. The van der Waals surface area contributed by atoms with Gasteiger partial charge in [-0.3, -0.25) is 0 Å². The molecule has 0 bridgehead atoms. The van der Waals surface area contributed by atoms with Gasteiger partial charge >= 0.3 is 6.09 Å². The summed E-state index contributed by atoms with van der Waals surface area (Å²) in [4.78, 5) is 20.5. The molecule has 2 aromatic rings. The molecule has 30 heavy (non-hydrogen) atoms.